The monoisotopic (exact) mass is 262 g/mol. The maximum Gasteiger partial charge on any atom is 0.153 e. The van der Waals surface area contributed by atoms with Crippen molar-refractivity contribution in [2.75, 3.05) is 5.73 Å². The van der Waals surface area contributed by atoms with Crippen LogP contribution in [0.15, 0.2) is 36.4 Å². The third-order valence-electron chi connectivity index (χ3n) is 2.26. The van der Waals surface area contributed by atoms with E-state index >= 15 is 0 Å². The molecule has 2 aromatic carbocycles. The van der Waals surface area contributed by atoms with Gasteiger partial charge in [0.05, 0.1) is 11.3 Å². The second kappa shape index (κ2) is 4.94. The third kappa shape index (κ3) is 2.53. The first-order valence-corrected chi connectivity index (χ1v) is 5.40. The molecule has 2 rings (SSSR count). The van der Waals surface area contributed by atoms with Crippen LogP contribution in [0.2, 0.25) is 5.02 Å². The molecule has 90 valence electrons. The minimum atomic E-state index is -0.472. The van der Waals surface area contributed by atoms with E-state index in [0.717, 1.165) is 6.07 Å². The van der Waals surface area contributed by atoms with Crippen molar-refractivity contribution < 1.29 is 9.13 Å². The van der Waals surface area contributed by atoms with E-state index in [2.05, 4.69) is 0 Å². The molecular weight excluding hydrogens is 255 g/mol. The molecule has 2 N–H and O–H groups in total. The fourth-order valence-corrected chi connectivity index (χ4v) is 1.55. The average molecular weight is 263 g/mol. The molecule has 0 aliphatic heterocycles. The van der Waals surface area contributed by atoms with Gasteiger partial charge < -0.3 is 10.5 Å². The van der Waals surface area contributed by atoms with Gasteiger partial charge >= 0.3 is 0 Å². The van der Waals surface area contributed by atoms with Crippen LogP contribution in [0.4, 0.5) is 10.1 Å². The number of nitrogens with zero attached hydrogens (tertiary/aromatic N) is 1. The number of nitrogen functional groups attached to an aromatic ring is 1. The van der Waals surface area contributed by atoms with Gasteiger partial charge in [0.2, 0.25) is 0 Å². The van der Waals surface area contributed by atoms with Crippen LogP contribution in [0.1, 0.15) is 5.56 Å². The van der Waals surface area contributed by atoms with Gasteiger partial charge in [-0.25, -0.2) is 4.39 Å². The SMILES string of the molecule is N#Cc1ccc(Cl)cc1Oc1cc(F)ccc1N. The highest BCUT2D eigenvalue weighted by Gasteiger charge is 2.09. The highest BCUT2D eigenvalue weighted by Crippen LogP contribution is 2.31. The van der Waals surface area contributed by atoms with Gasteiger partial charge in [-0.15, -0.1) is 0 Å². The van der Waals surface area contributed by atoms with Crippen molar-refractivity contribution in [3.05, 3.63) is 52.8 Å². The first kappa shape index (κ1) is 12.2. The van der Waals surface area contributed by atoms with Crippen molar-refractivity contribution in [1.29, 1.82) is 5.26 Å². The summed E-state index contributed by atoms with van der Waals surface area (Å²) in [5, 5.41) is 9.35. The van der Waals surface area contributed by atoms with Gasteiger partial charge in [0.1, 0.15) is 17.6 Å². The highest BCUT2D eigenvalue weighted by atomic mass is 35.5. The number of ether oxygens (including phenoxy) is 1. The predicted octanol–water partition coefficient (Wildman–Crippen LogP) is 3.73. The number of anilines is 1. The molecule has 0 aromatic heterocycles. The maximum atomic E-state index is 13.1. The van der Waals surface area contributed by atoms with E-state index in [0.29, 0.717) is 10.6 Å². The summed E-state index contributed by atoms with van der Waals surface area (Å²) in [6.07, 6.45) is 0. The Morgan fingerprint density at radius 3 is 2.67 bits per heavy atom. The molecule has 0 saturated carbocycles. The smallest absolute Gasteiger partial charge is 0.153 e. The van der Waals surface area contributed by atoms with Gasteiger partial charge in [0.15, 0.2) is 5.75 Å². The van der Waals surface area contributed by atoms with Crippen molar-refractivity contribution in [2.24, 2.45) is 0 Å². The van der Waals surface area contributed by atoms with Crippen LogP contribution in [0.25, 0.3) is 0 Å². The lowest BCUT2D eigenvalue weighted by atomic mass is 10.2. The first-order valence-electron chi connectivity index (χ1n) is 5.02. The van der Waals surface area contributed by atoms with Gasteiger partial charge in [-0.05, 0) is 24.3 Å². The van der Waals surface area contributed by atoms with Gasteiger partial charge in [-0.2, -0.15) is 5.26 Å². The topological polar surface area (TPSA) is 59.0 Å². The predicted molar refractivity (Wildman–Crippen MR) is 67.1 cm³/mol. The van der Waals surface area contributed by atoms with Crippen LogP contribution in [0, 0.1) is 17.1 Å². The number of nitrogens with two attached hydrogens (primary N) is 1. The molecule has 0 spiro atoms. The lowest BCUT2D eigenvalue weighted by Crippen LogP contribution is -1.94. The third-order valence-corrected chi connectivity index (χ3v) is 2.49. The Kier molecular flexibility index (Phi) is 3.35. The summed E-state index contributed by atoms with van der Waals surface area (Å²) in [4.78, 5) is 0. The molecule has 0 atom stereocenters. The Morgan fingerprint density at radius 1 is 1.17 bits per heavy atom. The Bertz CT molecular complexity index is 637. The van der Waals surface area contributed by atoms with E-state index in [1.54, 1.807) is 6.07 Å². The molecule has 0 heterocycles. The zero-order valence-electron chi connectivity index (χ0n) is 9.15. The number of nitriles is 1. The minimum absolute atomic E-state index is 0.147. The van der Waals surface area contributed by atoms with E-state index in [4.69, 9.17) is 27.3 Å². The van der Waals surface area contributed by atoms with Gasteiger partial charge in [0, 0.05) is 17.2 Å². The largest absolute Gasteiger partial charge is 0.454 e. The van der Waals surface area contributed by atoms with Crippen LogP contribution >= 0.6 is 11.6 Å². The molecule has 18 heavy (non-hydrogen) atoms. The fourth-order valence-electron chi connectivity index (χ4n) is 1.39. The molecule has 0 unspecified atom stereocenters. The number of hydrogen-bond acceptors (Lipinski definition) is 3. The van der Waals surface area contributed by atoms with Crippen molar-refractivity contribution in [3.63, 3.8) is 0 Å². The Hall–Kier alpha value is -2.25. The van der Waals surface area contributed by atoms with Crippen LogP contribution < -0.4 is 10.5 Å². The molecule has 0 aliphatic carbocycles. The maximum absolute atomic E-state index is 13.1. The lowest BCUT2D eigenvalue weighted by molar-refractivity contribution is 0.478. The Labute approximate surface area is 108 Å². The van der Waals surface area contributed by atoms with Gasteiger partial charge in [0.25, 0.3) is 0 Å². The quantitative estimate of drug-likeness (QED) is 0.839. The summed E-state index contributed by atoms with van der Waals surface area (Å²) < 4.78 is 18.5. The first-order chi connectivity index (χ1) is 8.60. The van der Waals surface area contributed by atoms with Crippen molar-refractivity contribution >= 4 is 17.3 Å². The van der Waals surface area contributed by atoms with Crippen molar-refractivity contribution in [3.8, 4) is 17.6 Å². The van der Waals surface area contributed by atoms with Gasteiger partial charge in [-0.3, -0.25) is 0 Å². The lowest BCUT2D eigenvalue weighted by Gasteiger charge is -2.10. The molecule has 2 aromatic rings. The van der Waals surface area contributed by atoms with Crippen LogP contribution in [-0.4, -0.2) is 0 Å². The van der Waals surface area contributed by atoms with Crippen LogP contribution in [-0.2, 0) is 0 Å². The second-order valence-corrected chi connectivity index (χ2v) is 3.97. The molecule has 5 heteroatoms. The summed E-state index contributed by atoms with van der Waals surface area (Å²) in [5.74, 6) is -0.0872. The van der Waals surface area contributed by atoms with E-state index in [-0.39, 0.29) is 17.2 Å². The summed E-state index contributed by atoms with van der Waals surface area (Å²) in [6.45, 7) is 0. The fraction of sp³-hybridized carbons (Fsp3) is 0. The summed E-state index contributed by atoms with van der Waals surface area (Å²) in [6, 6.07) is 10.3. The molecule has 0 fully saturated rings. The summed E-state index contributed by atoms with van der Waals surface area (Å²) >= 11 is 5.82. The van der Waals surface area contributed by atoms with Crippen LogP contribution in [0.5, 0.6) is 11.5 Å². The Morgan fingerprint density at radius 2 is 1.94 bits per heavy atom. The standard InChI is InChI=1S/C13H8ClFN2O/c14-9-2-1-8(7-16)12(5-9)18-13-6-10(15)3-4-11(13)17/h1-6H,17H2. The molecule has 3 nitrogen and oxygen atoms in total. The van der Waals surface area contributed by atoms with E-state index in [1.807, 2.05) is 6.07 Å². The normalized spacial score (nSPS) is 9.83. The molecule has 0 amide bonds. The zero-order chi connectivity index (χ0) is 13.1. The average Bonchev–Trinajstić information content (AvgIpc) is 2.34. The summed E-state index contributed by atoms with van der Waals surface area (Å²) in [5.41, 5.74) is 6.23. The Balaban J connectivity index is 2.43. The number of rotatable bonds is 2. The molecule has 0 bridgehead atoms. The molecule has 0 radical (unpaired) electrons. The van der Waals surface area contributed by atoms with Crippen molar-refractivity contribution in [1.82, 2.24) is 0 Å². The second-order valence-electron chi connectivity index (χ2n) is 3.54. The zero-order valence-corrected chi connectivity index (χ0v) is 9.91. The number of halogens is 2. The number of benzene rings is 2. The van der Waals surface area contributed by atoms with Crippen molar-refractivity contribution in [2.45, 2.75) is 0 Å². The highest BCUT2D eigenvalue weighted by molar-refractivity contribution is 6.30. The summed E-state index contributed by atoms with van der Waals surface area (Å²) in [7, 11) is 0. The van der Waals surface area contributed by atoms with Crippen LogP contribution in [0.3, 0.4) is 0 Å². The minimum Gasteiger partial charge on any atom is -0.454 e. The molecular formula is C13H8ClFN2O. The van der Waals surface area contributed by atoms with Gasteiger partial charge in [-0.1, -0.05) is 11.6 Å². The van der Waals surface area contributed by atoms with E-state index in [9.17, 15) is 4.39 Å². The molecule has 0 saturated heterocycles. The number of hydrogen-bond donors (Lipinski definition) is 1. The molecule has 0 aliphatic rings. The van der Waals surface area contributed by atoms with E-state index in [1.165, 1.54) is 24.3 Å². The van der Waals surface area contributed by atoms with E-state index < -0.39 is 5.82 Å².